The Bertz CT molecular complexity index is 696. The van der Waals surface area contributed by atoms with Crippen LogP contribution in [0.5, 0.6) is 5.75 Å². The molecule has 1 aromatic carbocycles. The number of phenols is 1. The van der Waals surface area contributed by atoms with Gasteiger partial charge in [0.15, 0.2) is 0 Å². The number of hydrogen-bond donors (Lipinski definition) is 2. The Morgan fingerprint density at radius 1 is 1.10 bits per heavy atom. The number of thiophene rings is 1. The van der Waals surface area contributed by atoms with Crippen LogP contribution in [0, 0.1) is 0 Å². The molecule has 5 heteroatoms. The van der Waals surface area contributed by atoms with Gasteiger partial charge in [-0.05, 0) is 35.6 Å². The van der Waals surface area contributed by atoms with Crippen molar-refractivity contribution in [3.63, 3.8) is 0 Å². The van der Waals surface area contributed by atoms with Crippen molar-refractivity contribution < 1.29 is 5.11 Å². The van der Waals surface area contributed by atoms with E-state index in [1.807, 2.05) is 35.7 Å². The van der Waals surface area contributed by atoms with E-state index in [4.69, 9.17) is 0 Å². The maximum Gasteiger partial charge on any atom is 0.129 e. The second-order valence-electron chi connectivity index (χ2n) is 4.61. The van der Waals surface area contributed by atoms with Gasteiger partial charge in [-0.3, -0.25) is 0 Å². The van der Waals surface area contributed by atoms with Crippen molar-refractivity contribution in [2.24, 2.45) is 0 Å². The molecule has 2 heterocycles. The zero-order chi connectivity index (χ0) is 14.5. The SMILES string of the molecule is Oc1ccc(CCNc2cc(-c3cccs3)ncn2)cc1. The molecule has 0 spiro atoms. The molecule has 0 fully saturated rings. The molecule has 2 N–H and O–H groups in total. The van der Waals surface area contributed by atoms with Crippen LogP contribution in [0.15, 0.2) is 54.2 Å². The highest BCUT2D eigenvalue weighted by atomic mass is 32.1. The Labute approximate surface area is 127 Å². The molecule has 0 saturated heterocycles. The van der Waals surface area contributed by atoms with Gasteiger partial charge in [0.2, 0.25) is 0 Å². The predicted octanol–water partition coefficient (Wildman–Crippen LogP) is 3.57. The first-order valence-electron chi connectivity index (χ1n) is 6.69. The molecule has 0 radical (unpaired) electrons. The van der Waals surface area contributed by atoms with Crippen molar-refractivity contribution in [2.45, 2.75) is 6.42 Å². The molecule has 2 aromatic heterocycles. The number of nitrogens with one attached hydrogen (secondary N) is 1. The molecule has 0 amide bonds. The molecule has 106 valence electrons. The summed E-state index contributed by atoms with van der Waals surface area (Å²) in [7, 11) is 0. The van der Waals surface area contributed by atoms with Gasteiger partial charge >= 0.3 is 0 Å². The number of phenolic OH excluding ortho intramolecular Hbond substituents is 1. The quantitative estimate of drug-likeness (QED) is 0.756. The second kappa shape index (κ2) is 6.37. The number of benzene rings is 1. The zero-order valence-electron chi connectivity index (χ0n) is 11.4. The van der Waals surface area contributed by atoms with Crippen LogP contribution in [0.3, 0.4) is 0 Å². The summed E-state index contributed by atoms with van der Waals surface area (Å²) in [5.41, 5.74) is 2.11. The van der Waals surface area contributed by atoms with Crippen LogP contribution in [0.25, 0.3) is 10.6 Å². The lowest BCUT2D eigenvalue weighted by Crippen LogP contribution is -2.06. The third kappa shape index (κ3) is 3.58. The molecule has 0 aliphatic heterocycles. The van der Waals surface area contributed by atoms with Gasteiger partial charge in [-0.1, -0.05) is 18.2 Å². The molecule has 0 unspecified atom stereocenters. The molecule has 21 heavy (non-hydrogen) atoms. The highest BCUT2D eigenvalue weighted by molar-refractivity contribution is 7.13. The Morgan fingerprint density at radius 2 is 1.95 bits per heavy atom. The summed E-state index contributed by atoms with van der Waals surface area (Å²) < 4.78 is 0. The predicted molar refractivity (Wildman–Crippen MR) is 85.6 cm³/mol. The van der Waals surface area contributed by atoms with E-state index in [0.717, 1.165) is 29.4 Å². The van der Waals surface area contributed by atoms with Crippen LogP contribution in [0.1, 0.15) is 5.56 Å². The van der Waals surface area contributed by atoms with Crippen LogP contribution in [0.2, 0.25) is 0 Å². The summed E-state index contributed by atoms with van der Waals surface area (Å²) in [6.07, 6.45) is 2.45. The van der Waals surface area contributed by atoms with Gasteiger partial charge in [0.05, 0.1) is 10.6 Å². The van der Waals surface area contributed by atoms with Gasteiger partial charge < -0.3 is 10.4 Å². The fourth-order valence-electron chi connectivity index (χ4n) is 2.01. The number of hydrogen-bond acceptors (Lipinski definition) is 5. The fourth-order valence-corrected chi connectivity index (χ4v) is 2.70. The summed E-state index contributed by atoms with van der Waals surface area (Å²) in [6.45, 7) is 0.783. The summed E-state index contributed by atoms with van der Waals surface area (Å²) >= 11 is 1.67. The number of aromatic nitrogens is 2. The van der Waals surface area contributed by atoms with E-state index in [1.54, 1.807) is 29.8 Å². The lowest BCUT2D eigenvalue weighted by Gasteiger charge is -2.06. The van der Waals surface area contributed by atoms with Crippen LogP contribution in [-0.4, -0.2) is 21.6 Å². The van der Waals surface area contributed by atoms with Gasteiger partial charge in [-0.25, -0.2) is 9.97 Å². The molecule has 0 bridgehead atoms. The summed E-state index contributed by atoms with van der Waals surface area (Å²) in [5.74, 6) is 1.12. The second-order valence-corrected chi connectivity index (χ2v) is 5.56. The molecule has 3 aromatic rings. The molecule has 0 aliphatic carbocycles. The van der Waals surface area contributed by atoms with Gasteiger partial charge in [0, 0.05) is 12.6 Å². The minimum atomic E-state index is 0.295. The van der Waals surface area contributed by atoms with Crippen molar-refractivity contribution in [3.05, 3.63) is 59.7 Å². The van der Waals surface area contributed by atoms with Gasteiger partial charge in [-0.2, -0.15) is 0 Å². The van der Waals surface area contributed by atoms with E-state index in [-0.39, 0.29) is 0 Å². The smallest absolute Gasteiger partial charge is 0.129 e. The Balaban J connectivity index is 1.60. The number of aromatic hydroxyl groups is 1. The molecule has 0 atom stereocenters. The number of rotatable bonds is 5. The highest BCUT2D eigenvalue weighted by Crippen LogP contribution is 2.23. The first-order valence-corrected chi connectivity index (χ1v) is 7.57. The molecular weight excluding hydrogens is 282 g/mol. The van der Waals surface area contributed by atoms with Crippen molar-refractivity contribution in [3.8, 4) is 16.3 Å². The Hall–Kier alpha value is -2.40. The third-order valence-electron chi connectivity index (χ3n) is 3.10. The van der Waals surface area contributed by atoms with Crippen LogP contribution in [-0.2, 0) is 6.42 Å². The molecular formula is C16H15N3OS. The van der Waals surface area contributed by atoms with Gasteiger partial charge in [0.1, 0.15) is 17.9 Å². The fraction of sp³-hybridized carbons (Fsp3) is 0.125. The number of anilines is 1. The monoisotopic (exact) mass is 297 g/mol. The van der Waals surface area contributed by atoms with E-state index in [1.165, 1.54) is 5.56 Å². The van der Waals surface area contributed by atoms with Gasteiger partial charge in [-0.15, -0.1) is 11.3 Å². The first-order chi connectivity index (χ1) is 10.3. The minimum Gasteiger partial charge on any atom is -0.508 e. The average Bonchev–Trinajstić information content (AvgIpc) is 3.04. The molecule has 4 nitrogen and oxygen atoms in total. The summed E-state index contributed by atoms with van der Waals surface area (Å²) in [5, 5.41) is 14.6. The standard InChI is InChI=1S/C16H15N3OS/c20-13-5-3-12(4-6-13)7-8-17-16-10-14(18-11-19-16)15-2-1-9-21-15/h1-6,9-11,20H,7-8H2,(H,17,18,19). The lowest BCUT2D eigenvalue weighted by atomic mass is 10.1. The van der Waals surface area contributed by atoms with Crippen LogP contribution in [0.4, 0.5) is 5.82 Å². The molecule has 0 saturated carbocycles. The Kier molecular flexibility index (Phi) is 4.12. The van der Waals surface area contributed by atoms with Crippen molar-refractivity contribution in [2.75, 3.05) is 11.9 Å². The summed E-state index contributed by atoms with van der Waals surface area (Å²) in [6, 6.07) is 13.3. The maximum atomic E-state index is 9.25. The highest BCUT2D eigenvalue weighted by Gasteiger charge is 2.02. The molecule has 3 rings (SSSR count). The van der Waals surface area contributed by atoms with Crippen molar-refractivity contribution in [1.82, 2.24) is 9.97 Å². The largest absolute Gasteiger partial charge is 0.508 e. The third-order valence-corrected chi connectivity index (χ3v) is 3.99. The van der Waals surface area contributed by atoms with Crippen LogP contribution < -0.4 is 5.32 Å². The average molecular weight is 297 g/mol. The normalized spacial score (nSPS) is 10.5. The molecule has 0 aliphatic rings. The topological polar surface area (TPSA) is 58.0 Å². The number of nitrogens with zero attached hydrogens (tertiary/aromatic N) is 2. The van der Waals surface area contributed by atoms with Crippen molar-refractivity contribution >= 4 is 17.2 Å². The van der Waals surface area contributed by atoms with E-state index in [9.17, 15) is 5.11 Å². The van der Waals surface area contributed by atoms with Crippen molar-refractivity contribution in [1.29, 1.82) is 0 Å². The Morgan fingerprint density at radius 3 is 2.71 bits per heavy atom. The van der Waals surface area contributed by atoms with E-state index in [2.05, 4.69) is 15.3 Å². The summed E-state index contributed by atoms with van der Waals surface area (Å²) in [4.78, 5) is 9.66. The lowest BCUT2D eigenvalue weighted by molar-refractivity contribution is 0.475. The van der Waals surface area contributed by atoms with E-state index in [0.29, 0.717) is 5.75 Å². The van der Waals surface area contributed by atoms with E-state index >= 15 is 0 Å². The minimum absolute atomic E-state index is 0.295. The van der Waals surface area contributed by atoms with Gasteiger partial charge in [0.25, 0.3) is 0 Å². The van der Waals surface area contributed by atoms with Crippen LogP contribution >= 0.6 is 11.3 Å². The first kappa shape index (κ1) is 13.6. The zero-order valence-corrected chi connectivity index (χ0v) is 12.2. The van der Waals surface area contributed by atoms with E-state index < -0.39 is 0 Å². The maximum absolute atomic E-state index is 9.25.